The van der Waals surface area contributed by atoms with Crippen molar-refractivity contribution in [2.45, 2.75) is 0 Å². The number of anilines is 2. The Kier molecular flexibility index (Phi) is 4.15. The molecule has 0 saturated heterocycles. The average molecular weight is 298 g/mol. The summed E-state index contributed by atoms with van der Waals surface area (Å²) < 4.78 is 5.61. The smallest absolute Gasteiger partial charge is 0.218 e. The molecule has 0 atom stereocenters. The maximum Gasteiger partial charge on any atom is 0.218 e. The van der Waals surface area contributed by atoms with Crippen LogP contribution in [0.1, 0.15) is 0 Å². The van der Waals surface area contributed by atoms with Crippen LogP contribution in [0, 0.1) is 0 Å². The van der Waals surface area contributed by atoms with Crippen molar-refractivity contribution in [2.24, 2.45) is 0 Å². The highest BCUT2D eigenvalue weighted by molar-refractivity contribution is 5.82. The third kappa shape index (κ3) is 3.50. The van der Waals surface area contributed by atoms with E-state index in [-0.39, 0.29) is 0 Å². The lowest BCUT2D eigenvalue weighted by atomic mass is 10.2. The Bertz CT molecular complexity index is 754. The van der Waals surface area contributed by atoms with E-state index in [1.54, 1.807) is 12.3 Å². The van der Waals surface area contributed by atoms with Crippen molar-refractivity contribution in [1.82, 2.24) is 25.1 Å². The van der Waals surface area contributed by atoms with Gasteiger partial charge in [0.15, 0.2) is 0 Å². The minimum Gasteiger partial charge on any atom is -0.476 e. The Hall–Kier alpha value is -2.67. The number of nitrogens with one attached hydrogen (secondary N) is 2. The molecule has 7 nitrogen and oxygen atoms in total. The highest BCUT2D eigenvalue weighted by Gasteiger charge is 2.03. The lowest BCUT2D eigenvalue weighted by molar-refractivity contribution is 0.253. The zero-order valence-corrected chi connectivity index (χ0v) is 12.6. The molecule has 0 bridgehead atoms. The van der Waals surface area contributed by atoms with E-state index in [0.29, 0.717) is 18.3 Å². The molecule has 0 radical (unpaired) electrons. The van der Waals surface area contributed by atoms with Crippen LogP contribution >= 0.6 is 0 Å². The first kappa shape index (κ1) is 14.3. The summed E-state index contributed by atoms with van der Waals surface area (Å²) in [5.41, 5.74) is 1.94. The molecule has 114 valence electrons. The largest absolute Gasteiger partial charge is 0.476 e. The zero-order chi connectivity index (χ0) is 15.4. The normalized spacial score (nSPS) is 11.0. The minimum absolute atomic E-state index is 0.559. The molecule has 2 heterocycles. The average Bonchev–Trinajstić information content (AvgIpc) is 2.95. The van der Waals surface area contributed by atoms with E-state index in [0.717, 1.165) is 23.1 Å². The number of ether oxygens (including phenoxy) is 1. The Balaban J connectivity index is 1.69. The third-order valence-electron chi connectivity index (χ3n) is 3.14. The number of aromatic nitrogens is 4. The molecule has 3 aromatic rings. The van der Waals surface area contributed by atoms with Gasteiger partial charge in [-0.05, 0) is 32.3 Å². The first-order valence-corrected chi connectivity index (χ1v) is 7.00. The number of H-pyrrole nitrogens is 1. The molecule has 0 fully saturated rings. The SMILES string of the molecule is CN(C)CCOc1cc(Nc2ccc3[nH]ncc3c2)ncn1. The first-order valence-electron chi connectivity index (χ1n) is 7.00. The van der Waals surface area contributed by atoms with Crippen molar-refractivity contribution in [2.75, 3.05) is 32.6 Å². The van der Waals surface area contributed by atoms with Gasteiger partial charge in [-0.1, -0.05) is 0 Å². The Morgan fingerprint density at radius 2 is 2.14 bits per heavy atom. The summed E-state index contributed by atoms with van der Waals surface area (Å²) in [6.07, 6.45) is 3.28. The van der Waals surface area contributed by atoms with Gasteiger partial charge in [0, 0.05) is 23.7 Å². The monoisotopic (exact) mass is 298 g/mol. The van der Waals surface area contributed by atoms with Gasteiger partial charge in [0.1, 0.15) is 18.8 Å². The number of aromatic amines is 1. The fourth-order valence-electron chi connectivity index (χ4n) is 1.99. The maximum atomic E-state index is 5.61. The van der Waals surface area contributed by atoms with Crippen molar-refractivity contribution in [1.29, 1.82) is 0 Å². The summed E-state index contributed by atoms with van der Waals surface area (Å²) in [6, 6.07) is 7.73. The summed E-state index contributed by atoms with van der Waals surface area (Å²) in [5.74, 6) is 1.25. The molecule has 0 aliphatic heterocycles. The van der Waals surface area contributed by atoms with Crippen LogP contribution < -0.4 is 10.1 Å². The Morgan fingerprint density at radius 3 is 3.00 bits per heavy atom. The molecular weight excluding hydrogens is 280 g/mol. The summed E-state index contributed by atoms with van der Waals surface area (Å²) >= 11 is 0. The van der Waals surface area contributed by atoms with Gasteiger partial charge >= 0.3 is 0 Å². The van der Waals surface area contributed by atoms with Crippen molar-refractivity contribution in [3.05, 3.63) is 36.8 Å². The molecule has 0 spiro atoms. The van der Waals surface area contributed by atoms with Crippen molar-refractivity contribution in [3.63, 3.8) is 0 Å². The highest BCUT2D eigenvalue weighted by atomic mass is 16.5. The number of benzene rings is 1. The second-order valence-corrected chi connectivity index (χ2v) is 5.19. The van der Waals surface area contributed by atoms with Crippen LogP contribution in [0.4, 0.5) is 11.5 Å². The number of rotatable bonds is 6. The first-order chi connectivity index (χ1) is 10.7. The van der Waals surface area contributed by atoms with E-state index in [9.17, 15) is 0 Å². The molecule has 0 aliphatic carbocycles. The van der Waals surface area contributed by atoms with E-state index < -0.39 is 0 Å². The van der Waals surface area contributed by atoms with Gasteiger partial charge in [-0.15, -0.1) is 0 Å². The number of likely N-dealkylation sites (N-methyl/N-ethyl adjacent to an activating group) is 1. The van der Waals surface area contributed by atoms with Gasteiger partial charge in [0.25, 0.3) is 0 Å². The summed E-state index contributed by atoms with van der Waals surface area (Å²) in [5, 5.41) is 11.2. The number of hydrogen-bond acceptors (Lipinski definition) is 6. The van der Waals surface area contributed by atoms with E-state index >= 15 is 0 Å². The molecule has 2 aromatic heterocycles. The van der Waals surface area contributed by atoms with Gasteiger partial charge < -0.3 is 15.0 Å². The van der Waals surface area contributed by atoms with E-state index in [4.69, 9.17) is 4.74 Å². The fourth-order valence-corrected chi connectivity index (χ4v) is 1.99. The second-order valence-electron chi connectivity index (χ2n) is 5.19. The van der Waals surface area contributed by atoms with E-state index in [2.05, 4.69) is 30.4 Å². The number of fused-ring (bicyclic) bond motifs is 1. The van der Waals surface area contributed by atoms with Gasteiger partial charge in [-0.3, -0.25) is 5.10 Å². The Morgan fingerprint density at radius 1 is 1.23 bits per heavy atom. The third-order valence-corrected chi connectivity index (χ3v) is 3.14. The van der Waals surface area contributed by atoms with Crippen molar-refractivity contribution >= 4 is 22.4 Å². The summed E-state index contributed by atoms with van der Waals surface area (Å²) in [4.78, 5) is 10.4. The van der Waals surface area contributed by atoms with E-state index in [1.807, 2.05) is 32.3 Å². The fraction of sp³-hybridized carbons (Fsp3) is 0.267. The lowest BCUT2D eigenvalue weighted by Gasteiger charge is -2.11. The summed E-state index contributed by atoms with van der Waals surface area (Å²) in [7, 11) is 4.00. The number of hydrogen-bond donors (Lipinski definition) is 2. The van der Waals surface area contributed by atoms with Crippen LogP contribution in [-0.2, 0) is 0 Å². The van der Waals surface area contributed by atoms with Gasteiger partial charge in [-0.2, -0.15) is 5.10 Å². The standard InChI is InChI=1S/C15H18N6O/c1-21(2)5-6-22-15-8-14(16-10-17-15)19-12-3-4-13-11(7-12)9-18-20-13/h3-4,7-10H,5-6H2,1-2H3,(H,18,20)(H,16,17,19). The molecule has 22 heavy (non-hydrogen) atoms. The number of nitrogens with zero attached hydrogens (tertiary/aromatic N) is 4. The van der Waals surface area contributed by atoms with Crippen LogP contribution in [-0.4, -0.2) is 52.3 Å². The lowest BCUT2D eigenvalue weighted by Crippen LogP contribution is -2.19. The van der Waals surface area contributed by atoms with Crippen LogP contribution in [0.5, 0.6) is 5.88 Å². The maximum absolute atomic E-state index is 5.61. The predicted octanol–water partition coefficient (Wildman–Crippen LogP) is 2.04. The zero-order valence-electron chi connectivity index (χ0n) is 12.6. The van der Waals surface area contributed by atoms with Gasteiger partial charge in [0.2, 0.25) is 5.88 Å². The van der Waals surface area contributed by atoms with Crippen LogP contribution in [0.15, 0.2) is 36.8 Å². The molecule has 7 heteroatoms. The quantitative estimate of drug-likeness (QED) is 0.725. The van der Waals surface area contributed by atoms with E-state index in [1.165, 1.54) is 6.33 Å². The van der Waals surface area contributed by atoms with Gasteiger partial charge in [0.05, 0.1) is 11.7 Å². The highest BCUT2D eigenvalue weighted by Crippen LogP contribution is 2.21. The molecule has 0 amide bonds. The molecule has 2 N–H and O–H groups in total. The van der Waals surface area contributed by atoms with Crippen LogP contribution in [0.25, 0.3) is 10.9 Å². The molecule has 0 unspecified atom stereocenters. The van der Waals surface area contributed by atoms with Crippen LogP contribution in [0.3, 0.4) is 0 Å². The van der Waals surface area contributed by atoms with Gasteiger partial charge in [-0.25, -0.2) is 9.97 Å². The second kappa shape index (κ2) is 6.40. The molecule has 3 rings (SSSR count). The Labute approximate surface area is 128 Å². The van der Waals surface area contributed by atoms with Crippen molar-refractivity contribution in [3.8, 4) is 5.88 Å². The molecule has 1 aromatic carbocycles. The van der Waals surface area contributed by atoms with Crippen LogP contribution in [0.2, 0.25) is 0 Å². The topological polar surface area (TPSA) is 79.0 Å². The predicted molar refractivity (Wildman–Crippen MR) is 85.5 cm³/mol. The molecular formula is C15H18N6O. The summed E-state index contributed by atoms with van der Waals surface area (Å²) in [6.45, 7) is 1.42. The minimum atomic E-state index is 0.559. The molecule has 0 aliphatic rings. The van der Waals surface area contributed by atoms with Crippen molar-refractivity contribution < 1.29 is 4.74 Å². The molecule has 0 saturated carbocycles.